The van der Waals surface area contributed by atoms with E-state index in [9.17, 15) is 24.4 Å². The molecule has 11 heteroatoms. The summed E-state index contributed by atoms with van der Waals surface area (Å²) in [5.74, 6) is -1.13. The fourth-order valence-electron chi connectivity index (χ4n) is 4.57. The van der Waals surface area contributed by atoms with Gasteiger partial charge in [0.05, 0.1) is 18.8 Å². The number of carbonyl (C=O) groups excluding carboxylic acids is 2. The number of rotatable bonds is 31. The first-order chi connectivity index (χ1) is 22.6. The summed E-state index contributed by atoms with van der Waals surface area (Å²) < 4.78 is 26.0. The van der Waals surface area contributed by atoms with Crippen LogP contribution in [0.5, 0.6) is 0 Å². The number of carbonyl (C=O) groups is 2. The molecule has 0 fully saturated rings. The molecule has 0 spiro atoms. The molecule has 4 N–H and O–H groups in total. The van der Waals surface area contributed by atoms with Crippen molar-refractivity contribution in [3.63, 3.8) is 0 Å². The minimum atomic E-state index is -4.81. The second kappa shape index (κ2) is 31.2. The molecule has 0 radical (unpaired) electrons. The summed E-state index contributed by atoms with van der Waals surface area (Å²) in [5.41, 5.74) is 0. The van der Waals surface area contributed by atoms with Crippen LogP contribution in [0.25, 0.3) is 0 Å². The summed E-state index contributed by atoms with van der Waals surface area (Å²) in [6, 6.07) is 0. The lowest BCUT2D eigenvalue weighted by molar-refractivity contribution is -0.161. The molecule has 0 aliphatic carbocycles. The van der Waals surface area contributed by atoms with E-state index in [2.05, 4.69) is 24.4 Å². The standard InChI is InChI=1S/C36H63O10P/c1-3-5-7-9-11-12-13-14-16-22-28-35(39)44-30-34(31-45-47(41,42)43)46-36(40)29-23-27-33(38)26-21-18-17-20-25-32(37)24-19-15-10-8-6-4-2/h15,17-21,25-26,32-34,37-38H,3-14,16,22-24,27-31H2,1-2H3,(H2,41,42,43)/b18-17+,19-15-,25-20+,26-21-/t32-,33-,34+/m0/s1. The topological polar surface area (TPSA) is 160 Å². The highest BCUT2D eigenvalue weighted by Crippen LogP contribution is 2.35. The summed E-state index contributed by atoms with van der Waals surface area (Å²) in [5, 5.41) is 20.1. The summed E-state index contributed by atoms with van der Waals surface area (Å²) in [6.07, 6.45) is 29.0. The Labute approximate surface area is 283 Å². The average molecular weight is 687 g/mol. The maximum atomic E-state index is 12.3. The molecule has 0 bridgehead atoms. The summed E-state index contributed by atoms with van der Waals surface area (Å²) in [6.45, 7) is 3.37. The van der Waals surface area contributed by atoms with E-state index in [4.69, 9.17) is 19.3 Å². The molecule has 0 aliphatic rings. The third-order valence-corrected chi connectivity index (χ3v) is 7.78. The Bertz CT molecular complexity index is 940. The van der Waals surface area contributed by atoms with Crippen LogP contribution in [0.2, 0.25) is 0 Å². The molecule has 0 unspecified atom stereocenters. The van der Waals surface area contributed by atoms with Crippen molar-refractivity contribution in [3.05, 3.63) is 48.6 Å². The molecule has 0 aromatic carbocycles. The number of phosphoric acid groups is 1. The molecule has 0 saturated carbocycles. The first-order valence-corrected chi connectivity index (χ1v) is 19.2. The third kappa shape index (κ3) is 33.6. The molecule has 10 nitrogen and oxygen atoms in total. The largest absolute Gasteiger partial charge is 0.469 e. The van der Waals surface area contributed by atoms with Crippen molar-refractivity contribution in [3.8, 4) is 0 Å². The van der Waals surface area contributed by atoms with Gasteiger partial charge in [0.15, 0.2) is 6.10 Å². The van der Waals surface area contributed by atoms with Crippen molar-refractivity contribution in [2.75, 3.05) is 13.2 Å². The zero-order chi connectivity index (χ0) is 35.0. The maximum absolute atomic E-state index is 12.3. The van der Waals surface area contributed by atoms with E-state index in [-0.39, 0.29) is 25.9 Å². The molecule has 0 aromatic heterocycles. The van der Waals surface area contributed by atoms with Crippen molar-refractivity contribution in [1.29, 1.82) is 0 Å². The molecule has 0 aliphatic heterocycles. The highest BCUT2D eigenvalue weighted by molar-refractivity contribution is 7.46. The van der Waals surface area contributed by atoms with Crippen LogP contribution in [0, 0.1) is 0 Å². The monoisotopic (exact) mass is 686 g/mol. The summed E-state index contributed by atoms with van der Waals surface area (Å²) in [4.78, 5) is 42.5. The van der Waals surface area contributed by atoms with Crippen LogP contribution in [-0.2, 0) is 28.2 Å². The van der Waals surface area contributed by atoms with Gasteiger partial charge in [0.25, 0.3) is 0 Å². The van der Waals surface area contributed by atoms with Gasteiger partial charge in [0.2, 0.25) is 0 Å². The molecular formula is C36H63O10P. The number of unbranched alkanes of at least 4 members (excludes halogenated alkanes) is 12. The van der Waals surface area contributed by atoms with Gasteiger partial charge in [-0.15, -0.1) is 0 Å². The van der Waals surface area contributed by atoms with Crippen LogP contribution in [0.4, 0.5) is 0 Å². The van der Waals surface area contributed by atoms with Gasteiger partial charge in [-0.05, 0) is 38.5 Å². The zero-order valence-electron chi connectivity index (χ0n) is 28.9. The number of hydrogen-bond acceptors (Lipinski definition) is 8. The molecule has 0 rings (SSSR count). The predicted molar refractivity (Wildman–Crippen MR) is 186 cm³/mol. The van der Waals surface area contributed by atoms with Gasteiger partial charge in [-0.2, -0.15) is 0 Å². The smallest absolute Gasteiger partial charge is 0.462 e. The van der Waals surface area contributed by atoms with E-state index >= 15 is 0 Å². The van der Waals surface area contributed by atoms with Crippen LogP contribution in [-0.4, -0.2) is 63.5 Å². The minimum absolute atomic E-state index is 0.0482. The van der Waals surface area contributed by atoms with Gasteiger partial charge >= 0.3 is 19.8 Å². The Kier molecular flexibility index (Phi) is 29.8. The lowest BCUT2D eigenvalue weighted by Crippen LogP contribution is -2.29. The molecule has 0 heterocycles. The van der Waals surface area contributed by atoms with E-state index in [1.807, 2.05) is 6.08 Å². The molecule has 272 valence electrons. The quantitative estimate of drug-likeness (QED) is 0.0185. The molecule has 3 atom stereocenters. The summed E-state index contributed by atoms with van der Waals surface area (Å²) >= 11 is 0. The van der Waals surface area contributed by atoms with Gasteiger partial charge in [-0.1, -0.05) is 133 Å². The number of allylic oxidation sites excluding steroid dienone is 5. The van der Waals surface area contributed by atoms with Crippen molar-refractivity contribution in [1.82, 2.24) is 0 Å². The van der Waals surface area contributed by atoms with E-state index in [0.29, 0.717) is 19.3 Å². The fourth-order valence-corrected chi connectivity index (χ4v) is 4.93. The predicted octanol–water partition coefficient (Wildman–Crippen LogP) is 7.95. The molecule has 0 saturated heterocycles. The van der Waals surface area contributed by atoms with Crippen molar-refractivity contribution in [2.45, 2.75) is 154 Å². The normalized spacial score (nSPS) is 14.4. The van der Waals surface area contributed by atoms with Crippen molar-refractivity contribution >= 4 is 19.8 Å². The summed E-state index contributed by atoms with van der Waals surface area (Å²) in [7, 11) is -4.81. The van der Waals surface area contributed by atoms with Gasteiger partial charge < -0.3 is 29.5 Å². The first kappa shape index (κ1) is 44.9. The van der Waals surface area contributed by atoms with Crippen molar-refractivity contribution < 1.29 is 48.2 Å². The Morgan fingerprint density at radius 1 is 0.660 bits per heavy atom. The number of aliphatic hydroxyl groups is 2. The highest BCUT2D eigenvalue weighted by atomic mass is 31.2. The van der Waals surface area contributed by atoms with Crippen LogP contribution >= 0.6 is 7.82 Å². The fraction of sp³-hybridized carbons (Fsp3) is 0.722. The lowest BCUT2D eigenvalue weighted by atomic mass is 10.1. The number of esters is 2. The van der Waals surface area contributed by atoms with Crippen LogP contribution < -0.4 is 0 Å². The zero-order valence-corrected chi connectivity index (χ0v) is 29.8. The van der Waals surface area contributed by atoms with Gasteiger partial charge in [-0.25, -0.2) is 4.57 Å². The van der Waals surface area contributed by atoms with E-state index in [1.54, 1.807) is 36.5 Å². The first-order valence-electron chi connectivity index (χ1n) is 17.6. The van der Waals surface area contributed by atoms with Crippen LogP contribution in [0.1, 0.15) is 136 Å². The Hall–Kier alpha value is -2.07. The van der Waals surface area contributed by atoms with Crippen LogP contribution in [0.3, 0.4) is 0 Å². The molecular weight excluding hydrogens is 623 g/mol. The van der Waals surface area contributed by atoms with Gasteiger partial charge in [0, 0.05) is 12.8 Å². The van der Waals surface area contributed by atoms with Gasteiger partial charge in [0.1, 0.15) is 6.61 Å². The van der Waals surface area contributed by atoms with E-state index < -0.39 is 44.7 Å². The highest BCUT2D eigenvalue weighted by Gasteiger charge is 2.23. The van der Waals surface area contributed by atoms with Crippen LogP contribution in [0.15, 0.2) is 48.6 Å². The number of hydrogen-bond donors (Lipinski definition) is 4. The molecule has 0 amide bonds. The maximum Gasteiger partial charge on any atom is 0.469 e. The van der Waals surface area contributed by atoms with E-state index in [0.717, 1.165) is 25.7 Å². The second-order valence-electron chi connectivity index (χ2n) is 11.9. The minimum Gasteiger partial charge on any atom is -0.462 e. The lowest BCUT2D eigenvalue weighted by Gasteiger charge is -2.18. The molecule has 47 heavy (non-hydrogen) atoms. The number of phosphoric ester groups is 1. The SMILES string of the molecule is CCCCC/C=C\C[C@H](O)/C=C/C=C/C=C\[C@H](O)CCCC(=O)O[C@H](COC(=O)CCCCCCCCCCCC)COP(=O)(O)O. The number of ether oxygens (including phenoxy) is 2. The Balaban J connectivity index is 4.32. The Morgan fingerprint density at radius 3 is 1.83 bits per heavy atom. The van der Waals surface area contributed by atoms with Crippen molar-refractivity contribution in [2.24, 2.45) is 0 Å². The average Bonchev–Trinajstić information content (AvgIpc) is 3.02. The molecule has 0 aromatic rings. The van der Waals surface area contributed by atoms with E-state index in [1.165, 1.54) is 57.8 Å². The third-order valence-electron chi connectivity index (χ3n) is 7.29. The number of aliphatic hydroxyl groups excluding tert-OH is 2. The van der Waals surface area contributed by atoms with Gasteiger partial charge in [-0.3, -0.25) is 14.1 Å². The second-order valence-corrected chi connectivity index (χ2v) is 13.1. The Morgan fingerprint density at radius 2 is 1.21 bits per heavy atom.